The molecule has 10 heteroatoms. The van der Waals surface area contributed by atoms with Crippen molar-refractivity contribution in [1.82, 2.24) is 20.0 Å². The van der Waals surface area contributed by atoms with Crippen LogP contribution in [0.1, 0.15) is 69.0 Å². The maximum atomic E-state index is 15.8. The SMILES string of the molecule is CC(C)(C)CNc1c(C#N)cnc2c(C#N)cc(N[C@@H](c3ccccc3Cl)c3nnn(C4(C)CC4)c3F)cc12. The third kappa shape index (κ3) is 5.10. The van der Waals surface area contributed by atoms with Crippen LogP contribution in [0.5, 0.6) is 0 Å². The van der Waals surface area contributed by atoms with Gasteiger partial charge in [0.1, 0.15) is 23.9 Å². The number of nitrogens with one attached hydrogen (secondary N) is 2. The van der Waals surface area contributed by atoms with Gasteiger partial charge in [-0.1, -0.05) is 55.8 Å². The van der Waals surface area contributed by atoms with Crippen molar-refractivity contribution in [1.29, 1.82) is 10.5 Å². The zero-order valence-corrected chi connectivity index (χ0v) is 22.9. The summed E-state index contributed by atoms with van der Waals surface area (Å²) in [4.78, 5) is 4.41. The van der Waals surface area contributed by atoms with Crippen LogP contribution in [0, 0.1) is 34.0 Å². The topological polar surface area (TPSA) is 115 Å². The molecular formula is C29H28ClFN8. The fraction of sp³-hybridized carbons (Fsp3) is 0.345. The molecule has 1 aliphatic rings. The van der Waals surface area contributed by atoms with Crippen LogP contribution in [-0.2, 0) is 5.54 Å². The summed E-state index contributed by atoms with van der Waals surface area (Å²) in [5.74, 6) is -0.533. The lowest BCUT2D eigenvalue weighted by Crippen LogP contribution is -2.20. The summed E-state index contributed by atoms with van der Waals surface area (Å²) in [5, 5.41) is 35.9. The average Bonchev–Trinajstić information content (AvgIpc) is 3.53. The van der Waals surface area contributed by atoms with Crippen LogP contribution in [0.2, 0.25) is 5.02 Å². The van der Waals surface area contributed by atoms with Gasteiger partial charge in [-0.2, -0.15) is 14.9 Å². The van der Waals surface area contributed by atoms with Crippen molar-refractivity contribution < 1.29 is 4.39 Å². The molecule has 0 bridgehead atoms. The van der Waals surface area contributed by atoms with E-state index in [2.05, 4.69) is 58.8 Å². The first-order chi connectivity index (χ1) is 18.5. The zero-order chi connectivity index (χ0) is 27.9. The Labute approximate surface area is 231 Å². The molecule has 0 amide bonds. The van der Waals surface area contributed by atoms with Gasteiger partial charge in [-0.15, -0.1) is 5.10 Å². The van der Waals surface area contributed by atoms with Gasteiger partial charge >= 0.3 is 0 Å². The first kappa shape index (κ1) is 26.4. The van der Waals surface area contributed by atoms with Gasteiger partial charge in [-0.05, 0) is 48.9 Å². The number of anilines is 2. The fourth-order valence-corrected chi connectivity index (χ4v) is 4.71. The highest BCUT2D eigenvalue weighted by Gasteiger charge is 2.44. The Balaban J connectivity index is 1.65. The number of nitrogens with zero attached hydrogens (tertiary/aromatic N) is 6. The molecule has 2 heterocycles. The van der Waals surface area contributed by atoms with E-state index in [0.29, 0.717) is 50.5 Å². The number of rotatable bonds is 7. The quantitative estimate of drug-likeness (QED) is 0.273. The lowest BCUT2D eigenvalue weighted by molar-refractivity contribution is 0.371. The summed E-state index contributed by atoms with van der Waals surface area (Å²) >= 11 is 6.57. The molecule has 2 aromatic heterocycles. The summed E-state index contributed by atoms with van der Waals surface area (Å²) < 4.78 is 17.1. The number of fused-ring (bicyclic) bond motifs is 1. The van der Waals surface area contributed by atoms with Crippen molar-refractivity contribution in [3.8, 4) is 12.1 Å². The van der Waals surface area contributed by atoms with E-state index < -0.39 is 12.0 Å². The maximum Gasteiger partial charge on any atom is 0.237 e. The molecule has 0 saturated heterocycles. The second-order valence-corrected chi connectivity index (χ2v) is 11.8. The Morgan fingerprint density at radius 1 is 1.15 bits per heavy atom. The minimum atomic E-state index is -0.795. The van der Waals surface area contributed by atoms with Crippen LogP contribution < -0.4 is 10.6 Å². The van der Waals surface area contributed by atoms with Crippen molar-refractivity contribution in [3.05, 3.63) is 75.9 Å². The van der Waals surface area contributed by atoms with Gasteiger partial charge in [-0.25, -0.2) is 4.68 Å². The Kier molecular flexibility index (Phi) is 6.65. The lowest BCUT2D eigenvalue weighted by Gasteiger charge is -2.23. The summed E-state index contributed by atoms with van der Waals surface area (Å²) in [6.07, 6.45) is 3.12. The molecule has 5 rings (SSSR count). The summed E-state index contributed by atoms with van der Waals surface area (Å²) in [6.45, 7) is 8.79. The third-order valence-electron chi connectivity index (χ3n) is 6.93. The minimum absolute atomic E-state index is 0.0626. The Morgan fingerprint density at radius 3 is 2.51 bits per heavy atom. The number of nitriles is 2. The van der Waals surface area contributed by atoms with Crippen LogP contribution in [0.4, 0.5) is 15.8 Å². The first-order valence-electron chi connectivity index (χ1n) is 12.7. The standard InChI is InChI=1S/C29H28ClFN8/c1-28(2,3)16-35-24-18(14-33)15-34-23-17(13-32)11-19(12-21(23)24)36-25(20-7-5-6-8-22(20)30)26-27(31)39(38-37-26)29(4)9-10-29/h5-8,11-12,15,25,36H,9-10,16H2,1-4H3,(H,34,35)/t25-/m0/s1. The molecule has 1 aliphatic carbocycles. The predicted octanol–water partition coefficient (Wildman–Crippen LogP) is 6.53. The predicted molar refractivity (Wildman–Crippen MR) is 149 cm³/mol. The largest absolute Gasteiger partial charge is 0.383 e. The van der Waals surface area contributed by atoms with Gasteiger partial charge in [0.2, 0.25) is 5.95 Å². The van der Waals surface area contributed by atoms with E-state index in [-0.39, 0.29) is 16.6 Å². The lowest BCUT2D eigenvalue weighted by atomic mass is 9.96. The van der Waals surface area contributed by atoms with Gasteiger partial charge < -0.3 is 10.6 Å². The van der Waals surface area contributed by atoms with Crippen LogP contribution in [0.15, 0.2) is 42.6 Å². The van der Waals surface area contributed by atoms with Gasteiger partial charge in [0, 0.05) is 28.8 Å². The normalized spacial score (nSPS) is 14.9. The number of halogens is 2. The third-order valence-corrected chi connectivity index (χ3v) is 7.28. The molecular weight excluding hydrogens is 515 g/mol. The number of benzene rings is 2. The van der Waals surface area contributed by atoms with E-state index in [1.54, 1.807) is 24.3 Å². The summed E-state index contributed by atoms with van der Waals surface area (Å²) in [6, 6.07) is 14.2. The highest BCUT2D eigenvalue weighted by atomic mass is 35.5. The maximum absolute atomic E-state index is 15.8. The van der Waals surface area contributed by atoms with Crippen LogP contribution in [0.3, 0.4) is 0 Å². The molecule has 1 fully saturated rings. The van der Waals surface area contributed by atoms with Gasteiger partial charge in [0.15, 0.2) is 0 Å². The summed E-state index contributed by atoms with van der Waals surface area (Å²) in [7, 11) is 0. The van der Waals surface area contributed by atoms with E-state index in [1.165, 1.54) is 10.9 Å². The first-order valence-corrected chi connectivity index (χ1v) is 13.1. The van der Waals surface area contributed by atoms with E-state index in [0.717, 1.165) is 12.8 Å². The van der Waals surface area contributed by atoms with E-state index >= 15 is 4.39 Å². The molecule has 4 aromatic rings. The molecule has 2 N–H and O–H groups in total. The van der Waals surface area contributed by atoms with Crippen LogP contribution >= 0.6 is 11.6 Å². The van der Waals surface area contributed by atoms with Crippen molar-refractivity contribution >= 4 is 33.9 Å². The Hall–Kier alpha value is -4.21. The van der Waals surface area contributed by atoms with E-state index in [9.17, 15) is 10.5 Å². The molecule has 0 unspecified atom stereocenters. The second kappa shape index (κ2) is 9.83. The van der Waals surface area contributed by atoms with Crippen molar-refractivity contribution in [2.24, 2.45) is 5.41 Å². The Bertz CT molecular complexity index is 1650. The molecule has 8 nitrogen and oxygen atoms in total. The molecule has 1 saturated carbocycles. The average molecular weight is 543 g/mol. The number of hydrogen-bond acceptors (Lipinski definition) is 7. The number of aromatic nitrogens is 4. The fourth-order valence-electron chi connectivity index (χ4n) is 4.47. The molecule has 39 heavy (non-hydrogen) atoms. The van der Waals surface area contributed by atoms with Gasteiger partial charge in [0.05, 0.1) is 27.9 Å². The monoisotopic (exact) mass is 542 g/mol. The van der Waals surface area contributed by atoms with Gasteiger partial charge in [0.25, 0.3) is 0 Å². The molecule has 0 spiro atoms. The Morgan fingerprint density at radius 2 is 1.87 bits per heavy atom. The summed E-state index contributed by atoms with van der Waals surface area (Å²) in [5.41, 5.74) is 2.51. The molecule has 0 aliphatic heterocycles. The molecule has 0 radical (unpaired) electrons. The smallest absolute Gasteiger partial charge is 0.237 e. The van der Waals surface area contributed by atoms with Crippen molar-refractivity contribution in [2.45, 2.75) is 52.1 Å². The van der Waals surface area contributed by atoms with E-state index in [4.69, 9.17) is 11.6 Å². The van der Waals surface area contributed by atoms with Crippen LogP contribution in [0.25, 0.3) is 10.9 Å². The molecule has 2 aromatic carbocycles. The zero-order valence-electron chi connectivity index (χ0n) is 22.2. The number of pyridine rings is 1. The van der Waals surface area contributed by atoms with Crippen molar-refractivity contribution in [2.75, 3.05) is 17.2 Å². The molecule has 198 valence electrons. The highest BCUT2D eigenvalue weighted by Crippen LogP contribution is 2.44. The second-order valence-electron chi connectivity index (χ2n) is 11.4. The number of hydrogen-bond donors (Lipinski definition) is 2. The van der Waals surface area contributed by atoms with Crippen LogP contribution in [-0.4, -0.2) is 26.5 Å². The minimum Gasteiger partial charge on any atom is -0.383 e. The van der Waals surface area contributed by atoms with Crippen molar-refractivity contribution in [3.63, 3.8) is 0 Å². The molecule has 1 atom stereocenters. The highest BCUT2D eigenvalue weighted by molar-refractivity contribution is 6.31. The van der Waals surface area contributed by atoms with Gasteiger partial charge in [-0.3, -0.25) is 4.98 Å². The van der Waals surface area contributed by atoms with E-state index in [1.807, 2.05) is 19.1 Å².